The van der Waals surface area contributed by atoms with E-state index in [0.717, 1.165) is 41.4 Å². The molecule has 0 fully saturated rings. The van der Waals surface area contributed by atoms with Crippen molar-refractivity contribution < 1.29 is 4.74 Å². The van der Waals surface area contributed by atoms with Crippen molar-refractivity contribution in [2.75, 3.05) is 4.90 Å². The van der Waals surface area contributed by atoms with Crippen molar-refractivity contribution in [1.29, 1.82) is 0 Å². The van der Waals surface area contributed by atoms with E-state index in [2.05, 4.69) is 159 Å². The molecule has 1 heterocycles. The zero-order chi connectivity index (χ0) is 29.3. The van der Waals surface area contributed by atoms with Crippen molar-refractivity contribution in [2.24, 2.45) is 0 Å². The molecule has 0 bridgehead atoms. The van der Waals surface area contributed by atoms with Crippen LogP contribution < -0.4 is 9.64 Å². The summed E-state index contributed by atoms with van der Waals surface area (Å²) in [5.74, 6) is 2.38. The Kier molecular flexibility index (Phi) is 7.20. The van der Waals surface area contributed by atoms with Crippen molar-refractivity contribution in [3.8, 4) is 11.5 Å². The zero-order valence-electron chi connectivity index (χ0n) is 25.1. The fraction of sp³-hybridized carbons (Fsp3) is 0.171. The van der Waals surface area contributed by atoms with Crippen LogP contribution in [0.3, 0.4) is 0 Å². The van der Waals surface area contributed by atoms with Crippen molar-refractivity contribution in [3.63, 3.8) is 0 Å². The van der Waals surface area contributed by atoms with Crippen LogP contribution in [0.25, 0.3) is 5.57 Å². The van der Waals surface area contributed by atoms with Crippen molar-refractivity contribution >= 4 is 22.6 Å². The summed E-state index contributed by atoms with van der Waals surface area (Å²) in [6.07, 6.45) is 6.69. The highest BCUT2D eigenvalue weighted by Crippen LogP contribution is 2.54. The Morgan fingerprint density at radius 2 is 1.21 bits per heavy atom. The molecule has 2 heteroatoms. The second-order valence-corrected chi connectivity index (χ2v) is 11.6. The highest BCUT2D eigenvalue weighted by molar-refractivity contribution is 5.88. The minimum Gasteiger partial charge on any atom is -0.452 e. The lowest BCUT2D eigenvalue weighted by molar-refractivity contribution is 0.465. The van der Waals surface area contributed by atoms with Crippen molar-refractivity contribution in [2.45, 2.75) is 45.4 Å². The standard InChI is InChI=1S/C41H37NO/c1-4-29-19-13-23-37-40(29)43-41-30(5-2)20-14-24-38(41)42(37)35-22-12-21-33(26-35)39-28(3)25-34(31-15-8-6-9-16-31)27-36(39)32-17-10-7-11-18-32/h6-27,36,39H,4-5H2,1-3H3. The van der Waals surface area contributed by atoms with Crippen LogP contribution in [0.15, 0.2) is 139 Å². The number of hydrogen-bond donors (Lipinski definition) is 0. The molecule has 0 spiro atoms. The molecule has 2 unspecified atom stereocenters. The summed E-state index contributed by atoms with van der Waals surface area (Å²) in [5.41, 5.74) is 12.4. The Balaban J connectivity index is 1.37. The molecule has 2 nitrogen and oxygen atoms in total. The third-order valence-corrected chi connectivity index (χ3v) is 8.97. The van der Waals surface area contributed by atoms with Crippen LogP contribution >= 0.6 is 0 Å². The molecule has 1 aliphatic heterocycles. The average molecular weight is 560 g/mol. The highest BCUT2D eigenvalue weighted by Gasteiger charge is 2.32. The number of rotatable bonds is 6. The summed E-state index contributed by atoms with van der Waals surface area (Å²) >= 11 is 0. The number of ether oxygens (including phenoxy) is 1. The Labute approximate surface area is 255 Å². The number of hydrogen-bond acceptors (Lipinski definition) is 2. The van der Waals surface area contributed by atoms with Crippen LogP contribution in [0.2, 0.25) is 0 Å². The Hall–Kier alpha value is -4.82. The first kappa shape index (κ1) is 27.0. The third kappa shape index (κ3) is 4.87. The van der Waals surface area contributed by atoms with Gasteiger partial charge in [-0.2, -0.15) is 0 Å². The number of allylic oxidation sites excluding steroid dienone is 4. The summed E-state index contributed by atoms with van der Waals surface area (Å²) in [6.45, 7) is 6.69. The fourth-order valence-corrected chi connectivity index (χ4v) is 6.85. The van der Waals surface area contributed by atoms with Gasteiger partial charge in [0.1, 0.15) is 0 Å². The first-order chi connectivity index (χ1) is 21.2. The van der Waals surface area contributed by atoms with E-state index in [1.54, 1.807) is 0 Å². The second kappa shape index (κ2) is 11.5. The minimum atomic E-state index is 0.221. The third-order valence-electron chi connectivity index (χ3n) is 8.97. The molecular formula is C41H37NO. The van der Waals surface area contributed by atoms with Crippen LogP contribution in [-0.2, 0) is 12.8 Å². The van der Waals surface area contributed by atoms with Gasteiger partial charge < -0.3 is 9.64 Å². The van der Waals surface area contributed by atoms with E-state index < -0.39 is 0 Å². The van der Waals surface area contributed by atoms with Crippen LogP contribution in [0.1, 0.15) is 60.4 Å². The maximum atomic E-state index is 6.71. The van der Waals surface area contributed by atoms with E-state index in [-0.39, 0.29) is 11.8 Å². The van der Waals surface area contributed by atoms with Gasteiger partial charge in [-0.05, 0) is 77.4 Å². The molecule has 0 N–H and O–H groups in total. The Morgan fingerprint density at radius 1 is 0.628 bits per heavy atom. The summed E-state index contributed by atoms with van der Waals surface area (Å²) in [4.78, 5) is 2.40. The molecule has 5 aromatic rings. The number of benzene rings is 5. The summed E-state index contributed by atoms with van der Waals surface area (Å²) in [7, 11) is 0. The van der Waals surface area contributed by atoms with Gasteiger partial charge in [-0.25, -0.2) is 0 Å². The normalized spacial score (nSPS) is 17.3. The first-order valence-corrected chi connectivity index (χ1v) is 15.5. The van der Waals surface area contributed by atoms with Gasteiger partial charge in [0.25, 0.3) is 0 Å². The lowest BCUT2D eigenvalue weighted by Gasteiger charge is -2.36. The quantitative estimate of drug-likeness (QED) is 0.201. The molecule has 43 heavy (non-hydrogen) atoms. The molecule has 5 aromatic carbocycles. The van der Waals surface area contributed by atoms with Crippen molar-refractivity contribution in [1.82, 2.24) is 0 Å². The second-order valence-electron chi connectivity index (χ2n) is 11.6. The number of fused-ring (bicyclic) bond motifs is 2. The molecule has 0 saturated heterocycles. The monoisotopic (exact) mass is 559 g/mol. The van der Waals surface area contributed by atoms with E-state index in [1.165, 1.54) is 39.0 Å². The van der Waals surface area contributed by atoms with E-state index in [9.17, 15) is 0 Å². The van der Waals surface area contributed by atoms with E-state index >= 15 is 0 Å². The van der Waals surface area contributed by atoms with Gasteiger partial charge in [0.05, 0.1) is 11.4 Å². The first-order valence-electron chi connectivity index (χ1n) is 15.5. The van der Waals surface area contributed by atoms with Gasteiger partial charge >= 0.3 is 0 Å². The fourth-order valence-electron chi connectivity index (χ4n) is 6.85. The molecule has 0 amide bonds. The molecule has 0 radical (unpaired) electrons. The summed E-state index contributed by atoms with van der Waals surface area (Å²) in [6, 6.07) is 43.9. The SMILES string of the molecule is CCc1cccc2c1Oc1c(CC)cccc1N2c1cccc(C2C(C)=CC(c3ccccc3)=CC2c2ccccc2)c1. The largest absolute Gasteiger partial charge is 0.452 e. The van der Waals surface area contributed by atoms with Crippen LogP contribution in [0.4, 0.5) is 17.1 Å². The van der Waals surface area contributed by atoms with Gasteiger partial charge in [0.2, 0.25) is 0 Å². The topological polar surface area (TPSA) is 12.5 Å². The smallest absolute Gasteiger partial charge is 0.154 e. The number of anilines is 3. The molecule has 1 aliphatic carbocycles. The predicted molar refractivity (Wildman–Crippen MR) is 180 cm³/mol. The summed E-state index contributed by atoms with van der Waals surface area (Å²) in [5, 5.41) is 0. The van der Waals surface area contributed by atoms with E-state index in [1.807, 2.05) is 0 Å². The zero-order valence-corrected chi connectivity index (χ0v) is 25.1. The molecule has 212 valence electrons. The maximum absolute atomic E-state index is 6.71. The van der Waals surface area contributed by atoms with Gasteiger partial charge in [-0.3, -0.25) is 0 Å². The van der Waals surface area contributed by atoms with Gasteiger partial charge in [0.15, 0.2) is 11.5 Å². The highest BCUT2D eigenvalue weighted by atomic mass is 16.5. The van der Waals surface area contributed by atoms with Gasteiger partial charge in [0, 0.05) is 17.5 Å². The molecule has 0 aromatic heterocycles. The van der Waals surface area contributed by atoms with Gasteiger partial charge in [-0.1, -0.05) is 129 Å². The maximum Gasteiger partial charge on any atom is 0.154 e. The van der Waals surface area contributed by atoms with Crippen molar-refractivity contribution in [3.05, 3.63) is 167 Å². The lowest BCUT2D eigenvalue weighted by atomic mass is 9.72. The number of aryl methyl sites for hydroxylation is 2. The molecule has 2 atom stereocenters. The summed E-state index contributed by atoms with van der Waals surface area (Å²) < 4.78 is 6.71. The molecule has 7 rings (SSSR count). The molecule has 2 aliphatic rings. The molecular weight excluding hydrogens is 522 g/mol. The van der Waals surface area contributed by atoms with Crippen LogP contribution in [-0.4, -0.2) is 0 Å². The average Bonchev–Trinajstić information content (AvgIpc) is 3.07. The van der Waals surface area contributed by atoms with Gasteiger partial charge in [-0.15, -0.1) is 0 Å². The Morgan fingerprint density at radius 3 is 1.84 bits per heavy atom. The number of nitrogens with zero attached hydrogens (tertiary/aromatic N) is 1. The van der Waals surface area contributed by atoms with E-state index in [0.29, 0.717) is 0 Å². The van der Waals surface area contributed by atoms with E-state index in [4.69, 9.17) is 4.74 Å². The Bertz CT molecular complexity index is 1780. The van der Waals surface area contributed by atoms with Crippen LogP contribution in [0.5, 0.6) is 11.5 Å². The lowest BCUT2D eigenvalue weighted by Crippen LogP contribution is -2.19. The molecule has 0 saturated carbocycles. The minimum absolute atomic E-state index is 0.221. The predicted octanol–water partition coefficient (Wildman–Crippen LogP) is 11.3. The van der Waals surface area contributed by atoms with Crippen LogP contribution in [0, 0.1) is 0 Å². The number of para-hydroxylation sites is 2.